The lowest BCUT2D eigenvalue weighted by atomic mass is 10.1. The number of methoxy groups -OCH3 is 1. The lowest BCUT2D eigenvalue weighted by Crippen LogP contribution is -2.02. The van der Waals surface area contributed by atoms with Crippen molar-refractivity contribution in [3.05, 3.63) is 46.1 Å². The van der Waals surface area contributed by atoms with Crippen molar-refractivity contribution in [2.75, 3.05) is 12.5 Å². The molecule has 2 N–H and O–H groups in total. The average Bonchev–Trinajstić information content (AvgIpc) is 2.46. The summed E-state index contributed by atoms with van der Waals surface area (Å²) in [5.41, 5.74) is 3.84. The average molecular weight is 326 g/mol. The maximum absolute atomic E-state index is 9.87. The molecule has 2 aromatic rings. The molecule has 0 spiro atoms. The topological polar surface area (TPSA) is 66.7 Å². The van der Waals surface area contributed by atoms with Crippen LogP contribution in [0.25, 0.3) is 0 Å². The van der Waals surface area contributed by atoms with Crippen LogP contribution in [0.2, 0.25) is 10.0 Å². The smallest absolute Gasteiger partial charge is 0.165 e. The number of nitrogens with one attached hydrogen (secondary N) is 1. The lowest BCUT2D eigenvalue weighted by molar-refractivity contribution is 0.412. The van der Waals surface area contributed by atoms with E-state index in [9.17, 15) is 5.11 Å². The molecule has 110 valence electrons. The lowest BCUT2D eigenvalue weighted by Gasteiger charge is -2.08. The fraction of sp³-hybridized carbons (Fsp3) is 0.143. The fourth-order valence-corrected chi connectivity index (χ4v) is 2.05. The standard InChI is InChI=1S/C14H13Cl2N3O2/c1-8(11-6-10(21-2)3-4-13(11)20)18-19-14-12(16)5-9(15)7-17-14/h3-7,20H,1-2H3,(H,17,19)/b18-8+. The number of phenols is 1. The van der Waals surface area contributed by atoms with Crippen molar-refractivity contribution in [1.82, 2.24) is 4.98 Å². The first-order chi connectivity index (χ1) is 10.0. The minimum Gasteiger partial charge on any atom is -0.507 e. The number of hydrogen-bond acceptors (Lipinski definition) is 5. The molecule has 1 aromatic carbocycles. The van der Waals surface area contributed by atoms with E-state index in [1.807, 2.05) is 0 Å². The van der Waals surface area contributed by atoms with Gasteiger partial charge in [0.15, 0.2) is 5.82 Å². The number of aromatic hydroxyl groups is 1. The highest BCUT2D eigenvalue weighted by Crippen LogP contribution is 2.25. The Hall–Kier alpha value is -1.98. The van der Waals surface area contributed by atoms with Gasteiger partial charge in [-0.2, -0.15) is 5.10 Å². The van der Waals surface area contributed by atoms with Crippen molar-refractivity contribution < 1.29 is 9.84 Å². The van der Waals surface area contributed by atoms with Gasteiger partial charge in [0.05, 0.1) is 22.9 Å². The van der Waals surface area contributed by atoms with E-state index in [2.05, 4.69) is 15.5 Å². The van der Waals surface area contributed by atoms with Crippen LogP contribution in [-0.2, 0) is 0 Å². The predicted octanol–water partition coefficient (Wildman–Crippen LogP) is 3.94. The van der Waals surface area contributed by atoms with Gasteiger partial charge in [0.25, 0.3) is 0 Å². The molecule has 1 aromatic heterocycles. The zero-order valence-electron chi connectivity index (χ0n) is 11.4. The molecule has 0 amide bonds. The molecule has 0 saturated carbocycles. The molecule has 0 aliphatic heterocycles. The van der Waals surface area contributed by atoms with E-state index < -0.39 is 0 Å². The number of aromatic nitrogens is 1. The van der Waals surface area contributed by atoms with Crippen LogP contribution in [0.3, 0.4) is 0 Å². The quantitative estimate of drug-likeness (QED) is 0.660. The molecule has 0 radical (unpaired) electrons. The van der Waals surface area contributed by atoms with Crippen LogP contribution in [0.4, 0.5) is 5.82 Å². The third-order valence-corrected chi connectivity index (χ3v) is 3.23. The molecule has 0 fully saturated rings. The van der Waals surface area contributed by atoms with Gasteiger partial charge in [-0.1, -0.05) is 23.2 Å². The van der Waals surface area contributed by atoms with E-state index in [0.29, 0.717) is 32.9 Å². The van der Waals surface area contributed by atoms with Crippen molar-refractivity contribution in [3.63, 3.8) is 0 Å². The van der Waals surface area contributed by atoms with Gasteiger partial charge in [-0.15, -0.1) is 0 Å². The Bertz CT molecular complexity index is 690. The van der Waals surface area contributed by atoms with Crippen LogP contribution in [0.15, 0.2) is 35.6 Å². The number of rotatable bonds is 4. The molecule has 0 saturated heterocycles. The molecule has 0 aliphatic rings. The molecule has 21 heavy (non-hydrogen) atoms. The van der Waals surface area contributed by atoms with E-state index in [1.165, 1.54) is 6.20 Å². The number of nitrogens with zero attached hydrogens (tertiary/aromatic N) is 2. The minimum absolute atomic E-state index is 0.106. The number of anilines is 1. The van der Waals surface area contributed by atoms with Crippen molar-refractivity contribution in [1.29, 1.82) is 0 Å². The summed E-state index contributed by atoms with van der Waals surface area (Å²) in [5, 5.41) is 14.8. The number of hydrogen-bond donors (Lipinski definition) is 2. The maximum atomic E-state index is 9.87. The van der Waals surface area contributed by atoms with E-state index in [0.717, 1.165) is 0 Å². The highest BCUT2D eigenvalue weighted by molar-refractivity contribution is 6.35. The number of pyridine rings is 1. The van der Waals surface area contributed by atoms with E-state index >= 15 is 0 Å². The Kier molecular flexibility index (Phi) is 4.88. The van der Waals surface area contributed by atoms with E-state index in [4.69, 9.17) is 27.9 Å². The normalized spacial score (nSPS) is 11.3. The molecule has 0 aliphatic carbocycles. The molecule has 1 heterocycles. The first kappa shape index (κ1) is 15.4. The third-order valence-electron chi connectivity index (χ3n) is 2.73. The summed E-state index contributed by atoms with van der Waals surface area (Å²) in [6.07, 6.45) is 1.46. The number of halogens is 2. The second-order valence-corrected chi connectivity index (χ2v) is 5.02. The summed E-state index contributed by atoms with van der Waals surface area (Å²) >= 11 is 11.8. The Morgan fingerprint density at radius 1 is 1.33 bits per heavy atom. The molecule has 0 atom stereocenters. The maximum Gasteiger partial charge on any atom is 0.165 e. The Morgan fingerprint density at radius 2 is 2.10 bits per heavy atom. The summed E-state index contributed by atoms with van der Waals surface area (Å²) in [4.78, 5) is 4.03. The molecular formula is C14H13Cl2N3O2. The van der Waals surface area contributed by atoms with Crippen LogP contribution >= 0.6 is 23.2 Å². The van der Waals surface area contributed by atoms with Gasteiger partial charge in [-0.05, 0) is 31.2 Å². The molecular weight excluding hydrogens is 313 g/mol. The van der Waals surface area contributed by atoms with E-state index in [-0.39, 0.29) is 5.75 Å². The monoisotopic (exact) mass is 325 g/mol. The largest absolute Gasteiger partial charge is 0.507 e. The summed E-state index contributed by atoms with van der Waals surface area (Å²) in [7, 11) is 1.55. The number of ether oxygens (including phenoxy) is 1. The zero-order chi connectivity index (χ0) is 15.4. The first-order valence-corrected chi connectivity index (χ1v) is 6.75. The highest BCUT2D eigenvalue weighted by Gasteiger charge is 2.07. The summed E-state index contributed by atoms with van der Waals surface area (Å²) in [5.74, 6) is 1.11. The van der Waals surface area contributed by atoms with Crippen molar-refractivity contribution in [2.45, 2.75) is 6.92 Å². The SMILES string of the molecule is COc1ccc(O)c(/C(C)=N/Nc2ncc(Cl)cc2Cl)c1. The Balaban J connectivity index is 2.25. The van der Waals surface area contributed by atoms with Gasteiger partial charge in [0.2, 0.25) is 0 Å². The summed E-state index contributed by atoms with van der Waals surface area (Å²) in [6, 6.07) is 6.46. The molecule has 5 nitrogen and oxygen atoms in total. The predicted molar refractivity (Wildman–Crippen MR) is 84.7 cm³/mol. The Morgan fingerprint density at radius 3 is 2.76 bits per heavy atom. The van der Waals surface area contributed by atoms with Gasteiger partial charge in [0.1, 0.15) is 11.5 Å². The van der Waals surface area contributed by atoms with Crippen molar-refractivity contribution >= 4 is 34.7 Å². The van der Waals surface area contributed by atoms with Gasteiger partial charge in [-0.3, -0.25) is 5.43 Å². The fourth-order valence-electron chi connectivity index (χ4n) is 1.63. The van der Waals surface area contributed by atoms with Crippen LogP contribution in [0.5, 0.6) is 11.5 Å². The molecule has 2 rings (SSSR count). The van der Waals surface area contributed by atoms with Crippen LogP contribution < -0.4 is 10.2 Å². The van der Waals surface area contributed by atoms with Gasteiger partial charge in [-0.25, -0.2) is 4.98 Å². The van der Waals surface area contributed by atoms with Gasteiger partial charge < -0.3 is 9.84 Å². The minimum atomic E-state index is 0.106. The highest BCUT2D eigenvalue weighted by atomic mass is 35.5. The van der Waals surface area contributed by atoms with E-state index in [1.54, 1.807) is 38.3 Å². The number of phenolic OH excluding ortho intramolecular Hbond substituents is 1. The summed E-state index contributed by atoms with van der Waals surface area (Å²) in [6.45, 7) is 1.74. The van der Waals surface area contributed by atoms with Crippen molar-refractivity contribution in [2.24, 2.45) is 5.10 Å². The van der Waals surface area contributed by atoms with Gasteiger partial charge in [0, 0.05) is 11.8 Å². The second kappa shape index (κ2) is 6.65. The third kappa shape index (κ3) is 3.77. The van der Waals surface area contributed by atoms with Crippen molar-refractivity contribution in [3.8, 4) is 11.5 Å². The number of benzene rings is 1. The van der Waals surface area contributed by atoms with Crippen LogP contribution in [-0.4, -0.2) is 22.9 Å². The molecule has 7 heteroatoms. The number of hydrazone groups is 1. The second-order valence-electron chi connectivity index (χ2n) is 4.18. The summed E-state index contributed by atoms with van der Waals surface area (Å²) < 4.78 is 5.12. The van der Waals surface area contributed by atoms with Crippen LogP contribution in [0, 0.1) is 0 Å². The Labute approximate surface area is 132 Å². The first-order valence-electron chi connectivity index (χ1n) is 6.00. The zero-order valence-corrected chi connectivity index (χ0v) is 12.9. The molecule has 0 unspecified atom stereocenters. The van der Waals surface area contributed by atoms with Gasteiger partial charge >= 0.3 is 0 Å². The van der Waals surface area contributed by atoms with Crippen LogP contribution in [0.1, 0.15) is 12.5 Å². The molecule has 0 bridgehead atoms.